The fourth-order valence-electron chi connectivity index (χ4n) is 1.99. The largest absolute Gasteiger partial charge is 0.466 e. The van der Waals surface area contributed by atoms with E-state index >= 15 is 0 Å². The van der Waals surface area contributed by atoms with Gasteiger partial charge in [0.05, 0.1) is 6.26 Å². The van der Waals surface area contributed by atoms with E-state index in [1.54, 1.807) is 6.26 Å². The van der Waals surface area contributed by atoms with Gasteiger partial charge in [0.2, 0.25) is 0 Å². The van der Waals surface area contributed by atoms with Crippen LogP contribution in [0, 0.1) is 27.7 Å². The Kier molecular flexibility index (Phi) is 3.07. The van der Waals surface area contributed by atoms with Crippen LogP contribution in [0.3, 0.4) is 0 Å². The smallest absolute Gasteiger partial charge is 0.140 e. The molecule has 1 aromatic carbocycles. The van der Waals surface area contributed by atoms with Gasteiger partial charge in [0.1, 0.15) is 11.9 Å². The second kappa shape index (κ2) is 4.38. The summed E-state index contributed by atoms with van der Waals surface area (Å²) >= 11 is 0. The molecular formula is C15H18O2. The van der Waals surface area contributed by atoms with Crippen molar-refractivity contribution in [2.24, 2.45) is 0 Å². The van der Waals surface area contributed by atoms with E-state index in [4.69, 9.17) is 4.42 Å². The molecule has 0 radical (unpaired) electrons. The number of hydrogen-bond donors (Lipinski definition) is 1. The zero-order valence-corrected chi connectivity index (χ0v) is 10.7. The third-order valence-corrected chi connectivity index (χ3v) is 3.30. The number of aliphatic hydroxyl groups excluding tert-OH is 1. The van der Waals surface area contributed by atoms with Gasteiger partial charge in [-0.15, -0.1) is 0 Å². The molecule has 0 aliphatic heterocycles. The monoisotopic (exact) mass is 230 g/mol. The maximum Gasteiger partial charge on any atom is 0.140 e. The van der Waals surface area contributed by atoms with Crippen LogP contribution in [0.4, 0.5) is 0 Å². The Hall–Kier alpha value is -1.54. The summed E-state index contributed by atoms with van der Waals surface area (Å²) in [6.07, 6.45) is 1.02. The first kappa shape index (κ1) is 11.9. The third kappa shape index (κ3) is 2.13. The molecule has 0 aliphatic carbocycles. The van der Waals surface area contributed by atoms with E-state index in [0.717, 1.165) is 27.8 Å². The van der Waals surface area contributed by atoms with Gasteiger partial charge >= 0.3 is 0 Å². The van der Waals surface area contributed by atoms with Gasteiger partial charge in [-0.3, -0.25) is 0 Å². The number of hydrogen-bond acceptors (Lipinski definition) is 2. The lowest BCUT2D eigenvalue weighted by molar-refractivity contribution is 0.187. The molecule has 0 saturated carbocycles. The minimum Gasteiger partial charge on any atom is -0.466 e. The zero-order chi connectivity index (χ0) is 12.6. The molecule has 90 valence electrons. The van der Waals surface area contributed by atoms with E-state index in [1.807, 2.05) is 45.9 Å². The van der Waals surface area contributed by atoms with E-state index in [2.05, 4.69) is 0 Å². The van der Waals surface area contributed by atoms with Crippen molar-refractivity contribution in [2.75, 3.05) is 0 Å². The number of aliphatic hydroxyl groups is 1. The van der Waals surface area contributed by atoms with Crippen LogP contribution in [0.25, 0.3) is 0 Å². The lowest BCUT2D eigenvalue weighted by Crippen LogP contribution is -2.03. The number of benzene rings is 1. The fraction of sp³-hybridized carbons (Fsp3) is 0.333. The van der Waals surface area contributed by atoms with E-state index in [1.165, 1.54) is 0 Å². The van der Waals surface area contributed by atoms with Gasteiger partial charge in [0.15, 0.2) is 0 Å². The standard InChI is InChI=1S/C15H18O2/c1-9-5-6-10(2)13(7-9)14(16)15-12(4)11(3)8-17-15/h5-8,14,16H,1-4H3. The molecule has 2 heteroatoms. The first-order valence-electron chi connectivity index (χ1n) is 5.80. The van der Waals surface area contributed by atoms with Crippen molar-refractivity contribution in [3.63, 3.8) is 0 Å². The van der Waals surface area contributed by atoms with Gasteiger partial charge < -0.3 is 9.52 Å². The van der Waals surface area contributed by atoms with Gasteiger partial charge in [0, 0.05) is 0 Å². The summed E-state index contributed by atoms with van der Waals surface area (Å²) in [5.74, 6) is 0.649. The SMILES string of the molecule is Cc1ccc(C)c(C(O)c2occ(C)c2C)c1. The minimum atomic E-state index is -0.677. The molecule has 0 saturated heterocycles. The Morgan fingerprint density at radius 1 is 1.06 bits per heavy atom. The Morgan fingerprint density at radius 2 is 1.76 bits per heavy atom. The molecule has 0 amide bonds. The Labute approximate surface area is 102 Å². The number of rotatable bonds is 2. The van der Waals surface area contributed by atoms with Crippen LogP contribution >= 0.6 is 0 Å². The van der Waals surface area contributed by atoms with Crippen molar-refractivity contribution >= 4 is 0 Å². The molecule has 1 N–H and O–H groups in total. The van der Waals surface area contributed by atoms with Crippen LogP contribution in [-0.4, -0.2) is 5.11 Å². The highest BCUT2D eigenvalue weighted by Gasteiger charge is 2.19. The molecule has 2 aromatic rings. The van der Waals surface area contributed by atoms with E-state index in [0.29, 0.717) is 5.76 Å². The number of aryl methyl sites for hydroxylation is 3. The quantitative estimate of drug-likeness (QED) is 0.855. The van der Waals surface area contributed by atoms with Crippen molar-refractivity contribution in [1.82, 2.24) is 0 Å². The fourth-order valence-corrected chi connectivity index (χ4v) is 1.99. The van der Waals surface area contributed by atoms with Gasteiger partial charge in [-0.1, -0.05) is 23.8 Å². The van der Waals surface area contributed by atoms with E-state index in [-0.39, 0.29) is 0 Å². The van der Waals surface area contributed by atoms with Crippen LogP contribution in [0.2, 0.25) is 0 Å². The summed E-state index contributed by atoms with van der Waals surface area (Å²) in [4.78, 5) is 0. The van der Waals surface area contributed by atoms with Crippen molar-refractivity contribution in [1.29, 1.82) is 0 Å². The molecule has 0 fully saturated rings. The predicted molar refractivity (Wildman–Crippen MR) is 68.2 cm³/mol. The molecule has 1 heterocycles. The van der Waals surface area contributed by atoms with Gasteiger partial charge in [-0.25, -0.2) is 0 Å². The first-order chi connectivity index (χ1) is 8.00. The Bertz CT molecular complexity index is 538. The highest BCUT2D eigenvalue weighted by atomic mass is 16.4. The minimum absolute atomic E-state index is 0.649. The Morgan fingerprint density at radius 3 is 2.35 bits per heavy atom. The van der Waals surface area contributed by atoms with Crippen LogP contribution < -0.4 is 0 Å². The second-order valence-electron chi connectivity index (χ2n) is 4.67. The normalized spacial score (nSPS) is 12.8. The van der Waals surface area contributed by atoms with E-state index in [9.17, 15) is 5.11 Å². The molecule has 1 aromatic heterocycles. The topological polar surface area (TPSA) is 33.4 Å². The van der Waals surface area contributed by atoms with Gasteiger partial charge in [-0.2, -0.15) is 0 Å². The van der Waals surface area contributed by atoms with Crippen LogP contribution in [0.15, 0.2) is 28.9 Å². The van der Waals surface area contributed by atoms with Crippen LogP contribution in [-0.2, 0) is 0 Å². The molecule has 2 nitrogen and oxygen atoms in total. The lowest BCUT2D eigenvalue weighted by atomic mass is 9.97. The second-order valence-corrected chi connectivity index (χ2v) is 4.67. The van der Waals surface area contributed by atoms with Crippen molar-refractivity contribution < 1.29 is 9.52 Å². The van der Waals surface area contributed by atoms with Crippen molar-refractivity contribution in [2.45, 2.75) is 33.8 Å². The van der Waals surface area contributed by atoms with Crippen molar-refractivity contribution in [3.05, 3.63) is 58.0 Å². The average Bonchev–Trinajstić information content (AvgIpc) is 2.62. The van der Waals surface area contributed by atoms with Gasteiger partial charge in [0.25, 0.3) is 0 Å². The summed E-state index contributed by atoms with van der Waals surface area (Å²) < 4.78 is 5.46. The first-order valence-corrected chi connectivity index (χ1v) is 5.80. The molecule has 0 aliphatic rings. The van der Waals surface area contributed by atoms with Crippen molar-refractivity contribution in [3.8, 4) is 0 Å². The van der Waals surface area contributed by atoms with E-state index < -0.39 is 6.10 Å². The van der Waals surface area contributed by atoms with Gasteiger partial charge in [-0.05, 0) is 49.9 Å². The average molecular weight is 230 g/mol. The molecule has 0 bridgehead atoms. The zero-order valence-electron chi connectivity index (χ0n) is 10.7. The third-order valence-electron chi connectivity index (χ3n) is 3.30. The molecule has 1 atom stereocenters. The Balaban J connectivity index is 2.47. The highest BCUT2D eigenvalue weighted by Crippen LogP contribution is 2.29. The molecule has 1 unspecified atom stereocenters. The number of furan rings is 1. The maximum absolute atomic E-state index is 10.4. The molecule has 2 rings (SSSR count). The van der Waals surface area contributed by atoms with Crippen LogP contribution in [0.5, 0.6) is 0 Å². The summed E-state index contributed by atoms with van der Waals surface area (Å²) in [5, 5.41) is 10.4. The lowest BCUT2D eigenvalue weighted by Gasteiger charge is -2.13. The molecule has 0 spiro atoms. The summed E-state index contributed by atoms with van der Waals surface area (Å²) in [5.41, 5.74) is 5.24. The summed E-state index contributed by atoms with van der Waals surface area (Å²) in [7, 11) is 0. The maximum atomic E-state index is 10.4. The summed E-state index contributed by atoms with van der Waals surface area (Å²) in [6, 6.07) is 6.09. The highest BCUT2D eigenvalue weighted by molar-refractivity contribution is 5.38. The molecular weight excluding hydrogens is 212 g/mol. The van der Waals surface area contributed by atoms with Crippen LogP contribution in [0.1, 0.15) is 39.7 Å². The predicted octanol–water partition coefficient (Wildman–Crippen LogP) is 3.59. The summed E-state index contributed by atoms with van der Waals surface area (Å²) in [6.45, 7) is 7.99. The molecule has 17 heavy (non-hydrogen) atoms.